The molecular weight excluding hydrogens is 257 g/mol. The maximum absolute atomic E-state index is 12.3. The topological polar surface area (TPSA) is 55.0 Å². The lowest BCUT2D eigenvalue weighted by atomic mass is 10.1. The summed E-state index contributed by atoms with van der Waals surface area (Å²) in [4.78, 5) is 10.1. The van der Waals surface area contributed by atoms with Gasteiger partial charge in [-0.05, 0) is 26.3 Å². The summed E-state index contributed by atoms with van der Waals surface area (Å²) in [6.45, 7) is 2.41. The minimum absolute atomic E-state index is 0.0110. The van der Waals surface area contributed by atoms with E-state index in [1.807, 2.05) is 4.90 Å². The van der Waals surface area contributed by atoms with Gasteiger partial charge in [-0.1, -0.05) is 0 Å². The van der Waals surface area contributed by atoms with Crippen LogP contribution < -0.4 is 5.73 Å². The summed E-state index contributed by atoms with van der Waals surface area (Å²) in [6, 6.07) is 1.58. The van der Waals surface area contributed by atoms with E-state index >= 15 is 0 Å². The lowest BCUT2D eigenvalue weighted by molar-refractivity contribution is -0.138. The fourth-order valence-electron chi connectivity index (χ4n) is 2.48. The van der Waals surface area contributed by atoms with Crippen molar-refractivity contribution in [1.29, 1.82) is 0 Å². The Bertz CT molecular complexity index is 427. The zero-order chi connectivity index (χ0) is 14.0. The molecule has 2 heterocycles. The van der Waals surface area contributed by atoms with Gasteiger partial charge in [0, 0.05) is 12.6 Å². The molecule has 1 aliphatic rings. The van der Waals surface area contributed by atoms with E-state index in [4.69, 9.17) is 5.73 Å². The molecular formula is C12H17F3N4. The maximum atomic E-state index is 12.3. The minimum atomic E-state index is -4.12. The number of alkyl halides is 3. The largest absolute Gasteiger partial charge is 0.390 e. The van der Waals surface area contributed by atoms with Crippen molar-refractivity contribution in [3.05, 3.63) is 17.6 Å². The zero-order valence-electron chi connectivity index (χ0n) is 10.7. The first-order valence-electron chi connectivity index (χ1n) is 6.27. The van der Waals surface area contributed by atoms with Crippen LogP contribution in [0, 0.1) is 6.92 Å². The highest BCUT2D eigenvalue weighted by Crippen LogP contribution is 2.32. The van der Waals surface area contributed by atoms with Crippen molar-refractivity contribution >= 4 is 5.82 Å². The maximum Gasteiger partial charge on any atom is 0.390 e. The molecule has 1 aliphatic heterocycles. The van der Waals surface area contributed by atoms with E-state index in [1.54, 1.807) is 13.0 Å². The zero-order valence-corrected chi connectivity index (χ0v) is 10.7. The van der Waals surface area contributed by atoms with Crippen molar-refractivity contribution in [3.63, 3.8) is 0 Å². The first-order valence-corrected chi connectivity index (χ1v) is 6.27. The Morgan fingerprint density at radius 1 is 1.42 bits per heavy atom. The number of nitrogens with zero attached hydrogens (tertiary/aromatic N) is 3. The van der Waals surface area contributed by atoms with Gasteiger partial charge >= 0.3 is 6.18 Å². The van der Waals surface area contributed by atoms with Gasteiger partial charge in [0.2, 0.25) is 0 Å². The normalized spacial score (nSPS) is 20.9. The Kier molecular flexibility index (Phi) is 3.93. The van der Waals surface area contributed by atoms with Crippen LogP contribution in [-0.4, -0.2) is 34.1 Å². The Hall–Kier alpha value is -1.37. The number of anilines is 1. The molecule has 7 heteroatoms. The van der Waals surface area contributed by atoms with Crippen LogP contribution in [-0.2, 0) is 0 Å². The lowest BCUT2D eigenvalue weighted by Crippen LogP contribution is -2.28. The predicted octanol–water partition coefficient (Wildman–Crippen LogP) is 2.46. The molecule has 0 aliphatic carbocycles. The molecule has 1 atom stereocenters. The molecule has 0 bridgehead atoms. The first-order chi connectivity index (χ1) is 8.85. The summed E-state index contributed by atoms with van der Waals surface area (Å²) in [5, 5.41) is 0. The highest BCUT2D eigenvalue weighted by atomic mass is 19.4. The molecule has 1 aromatic heterocycles. The average Bonchev–Trinajstić information content (AvgIpc) is 2.72. The number of halogens is 3. The second-order valence-electron chi connectivity index (χ2n) is 4.82. The highest BCUT2D eigenvalue weighted by Gasteiger charge is 2.32. The highest BCUT2D eigenvalue weighted by molar-refractivity contribution is 5.31. The van der Waals surface area contributed by atoms with Gasteiger partial charge in [-0.15, -0.1) is 0 Å². The summed E-state index contributed by atoms with van der Waals surface area (Å²) in [5.74, 6) is 0.919. The average molecular weight is 274 g/mol. The third-order valence-electron chi connectivity index (χ3n) is 3.27. The molecule has 0 spiro atoms. The monoisotopic (exact) mass is 274 g/mol. The number of nitrogen functional groups attached to an aromatic ring is 1. The van der Waals surface area contributed by atoms with E-state index in [9.17, 15) is 13.2 Å². The standard InChI is InChI=1S/C12H17F3N4/c1-8-17-9(7-11(16)18-8)10-3-2-5-19(10)6-4-12(13,14)15/h7,10H,2-6H2,1H3,(H2,16,17,18)/t10-/m0/s1. The molecule has 2 rings (SSSR count). The number of hydrogen-bond donors (Lipinski definition) is 1. The second-order valence-corrected chi connectivity index (χ2v) is 4.82. The molecule has 0 unspecified atom stereocenters. The predicted molar refractivity (Wildman–Crippen MR) is 65.4 cm³/mol. The van der Waals surface area contributed by atoms with Crippen molar-refractivity contribution in [2.24, 2.45) is 0 Å². The summed E-state index contributed by atoms with van der Waals surface area (Å²) in [5.41, 5.74) is 6.39. The van der Waals surface area contributed by atoms with Gasteiger partial charge in [-0.25, -0.2) is 9.97 Å². The molecule has 1 aromatic rings. The molecule has 0 amide bonds. The van der Waals surface area contributed by atoms with Crippen LogP contribution in [0.2, 0.25) is 0 Å². The second kappa shape index (κ2) is 5.32. The van der Waals surface area contributed by atoms with Crippen LogP contribution in [0.4, 0.5) is 19.0 Å². The molecule has 2 N–H and O–H groups in total. The van der Waals surface area contributed by atoms with Gasteiger partial charge in [0.25, 0.3) is 0 Å². The fourth-order valence-corrected chi connectivity index (χ4v) is 2.48. The van der Waals surface area contributed by atoms with E-state index < -0.39 is 12.6 Å². The van der Waals surface area contributed by atoms with Crippen molar-refractivity contribution in [2.45, 2.75) is 38.4 Å². The SMILES string of the molecule is Cc1nc(N)cc([C@@H]2CCCN2CCC(F)(F)F)n1. The van der Waals surface area contributed by atoms with Crippen LogP contribution in [0.5, 0.6) is 0 Å². The Morgan fingerprint density at radius 2 is 2.16 bits per heavy atom. The quantitative estimate of drug-likeness (QED) is 0.920. The van der Waals surface area contributed by atoms with Gasteiger partial charge in [0.05, 0.1) is 18.2 Å². The lowest BCUT2D eigenvalue weighted by Gasteiger charge is -2.24. The molecule has 19 heavy (non-hydrogen) atoms. The third-order valence-corrected chi connectivity index (χ3v) is 3.27. The molecule has 0 aromatic carbocycles. The number of aromatic nitrogens is 2. The molecule has 1 fully saturated rings. The van der Waals surface area contributed by atoms with Gasteiger partial charge in [-0.2, -0.15) is 13.2 Å². The summed E-state index contributed by atoms with van der Waals surface area (Å²) in [7, 11) is 0. The first kappa shape index (κ1) is 14.0. The summed E-state index contributed by atoms with van der Waals surface area (Å²) >= 11 is 0. The molecule has 0 saturated carbocycles. The van der Waals surface area contributed by atoms with Gasteiger partial charge in [-0.3, -0.25) is 4.90 Å². The van der Waals surface area contributed by atoms with Gasteiger partial charge < -0.3 is 5.73 Å². The Labute approximate surface area is 109 Å². The van der Waals surface area contributed by atoms with Gasteiger partial charge in [0.1, 0.15) is 11.6 Å². The van der Waals surface area contributed by atoms with E-state index in [0.717, 1.165) is 18.5 Å². The van der Waals surface area contributed by atoms with Crippen LogP contribution in [0.15, 0.2) is 6.07 Å². The Morgan fingerprint density at radius 3 is 2.79 bits per heavy atom. The molecule has 4 nitrogen and oxygen atoms in total. The number of rotatable bonds is 3. The number of aryl methyl sites for hydroxylation is 1. The van der Waals surface area contributed by atoms with Gasteiger partial charge in [0.15, 0.2) is 0 Å². The summed E-state index contributed by atoms with van der Waals surface area (Å²) in [6.07, 6.45) is -3.21. The van der Waals surface area contributed by atoms with Crippen molar-refractivity contribution in [3.8, 4) is 0 Å². The number of hydrogen-bond acceptors (Lipinski definition) is 4. The van der Waals surface area contributed by atoms with E-state index in [2.05, 4.69) is 9.97 Å². The molecule has 0 radical (unpaired) electrons. The van der Waals surface area contributed by atoms with Crippen LogP contribution >= 0.6 is 0 Å². The van der Waals surface area contributed by atoms with Crippen LogP contribution in [0.1, 0.15) is 36.8 Å². The number of likely N-dealkylation sites (tertiary alicyclic amines) is 1. The minimum Gasteiger partial charge on any atom is -0.384 e. The Balaban J connectivity index is 2.09. The number of nitrogens with two attached hydrogens (primary N) is 1. The van der Waals surface area contributed by atoms with E-state index in [-0.39, 0.29) is 12.6 Å². The van der Waals surface area contributed by atoms with E-state index in [1.165, 1.54) is 0 Å². The van der Waals surface area contributed by atoms with E-state index in [0.29, 0.717) is 18.2 Å². The van der Waals surface area contributed by atoms with Crippen LogP contribution in [0.25, 0.3) is 0 Å². The molecule has 106 valence electrons. The third kappa shape index (κ3) is 3.79. The van der Waals surface area contributed by atoms with Crippen LogP contribution in [0.3, 0.4) is 0 Å². The van der Waals surface area contributed by atoms with Crippen molar-refractivity contribution in [1.82, 2.24) is 14.9 Å². The van der Waals surface area contributed by atoms with Crippen molar-refractivity contribution in [2.75, 3.05) is 18.8 Å². The smallest absolute Gasteiger partial charge is 0.384 e. The fraction of sp³-hybridized carbons (Fsp3) is 0.667. The summed E-state index contributed by atoms with van der Waals surface area (Å²) < 4.78 is 36.9. The molecule has 1 saturated heterocycles. The van der Waals surface area contributed by atoms with Crippen molar-refractivity contribution < 1.29 is 13.2 Å².